The smallest absolute Gasteiger partial charge is 0.314 e. The first kappa shape index (κ1) is 20.5. The number of halogens is 6. The molecule has 2 nitrogen and oxygen atoms in total. The normalized spacial score (nSPS) is 17.7. The number of rotatable bonds is 4. The molecule has 0 unspecified atom stereocenters. The van der Waals surface area contributed by atoms with Gasteiger partial charge in [-0.25, -0.2) is 4.39 Å². The van der Waals surface area contributed by atoms with Crippen molar-refractivity contribution < 1.29 is 17.6 Å². The Morgan fingerprint density at radius 1 is 1.26 bits per heavy atom. The van der Waals surface area contributed by atoms with Crippen LogP contribution in [0.1, 0.15) is 36.9 Å². The van der Waals surface area contributed by atoms with Gasteiger partial charge in [-0.3, -0.25) is 4.90 Å². The largest absolute Gasteiger partial charge is 0.416 e. The van der Waals surface area contributed by atoms with E-state index in [-0.39, 0.29) is 24.0 Å². The molecule has 1 aliphatic rings. The van der Waals surface area contributed by atoms with E-state index in [4.69, 9.17) is 11.6 Å². The first-order valence-electron chi connectivity index (χ1n) is 7.35. The average Bonchev–Trinajstić information content (AvgIpc) is 2.47. The molecule has 0 radical (unpaired) electrons. The molecule has 2 rings (SSSR count). The Morgan fingerprint density at radius 3 is 2.39 bits per heavy atom. The second-order valence-corrected chi connectivity index (χ2v) is 5.86. The van der Waals surface area contributed by atoms with Crippen molar-refractivity contribution in [3.8, 4) is 0 Å². The van der Waals surface area contributed by atoms with Crippen molar-refractivity contribution in [2.75, 3.05) is 26.2 Å². The highest BCUT2D eigenvalue weighted by molar-refractivity contribution is 6.30. The maximum absolute atomic E-state index is 14.4. The lowest BCUT2D eigenvalue weighted by Crippen LogP contribution is -2.45. The van der Waals surface area contributed by atoms with E-state index in [2.05, 4.69) is 5.32 Å². The van der Waals surface area contributed by atoms with Crippen LogP contribution in [0, 0.1) is 5.82 Å². The summed E-state index contributed by atoms with van der Waals surface area (Å²) in [7, 11) is 0. The minimum Gasteiger partial charge on any atom is -0.314 e. The van der Waals surface area contributed by atoms with Crippen LogP contribution in [0.3, 0.4) is 0 Å². The van der Waals surface area contributed by atoms with E-state index in [0.717, 1.165) is 25.6 Å². The van der Waals surface area contributed by atoms with Crippen LogP contribution in [-0.4, -0.2) is 31.1 Å². The number of hydrogen-bond acceptors (Lipinski definition) is 2. The zero-order chi connectivity index (χ0) is 16.3. The maximum atomic E-state index is 14.4. The molecule has 1 saturated heterocycles. The molecular weight excluding hydrogens is 355 g/mol. The van der Waals surface area contributed by atoms with Crippen LogP contribution in [0.4, 0.5) is 17.6 Å². The molecule has 1 aromatic rings. The number of benzene rings is 1. The van der Waals surface area contributed by atoms with Gasteiger partial charge in [0.1, 0.15) is 5.82 Å². The first-order valence-corrected chi connectivity index (χ1v) is 7.73. The van der Waals surface area contributed by atoms with E-state index in [1.165, 1.54) is 0 Å². The summed E-state index contributed by atoms with van der Waals surface area (Å²) in [6, 6.07) is 1.18. The molecule has 0 aliphatic carbocycles. The predicted octanol–water partition coefficient (Wildman–Crippen LogP) is 4.67. The summed E-state index contributed by atoms with van der Waals surface area (Å²) < 4.78 is 53.3. The van der Waals surface area contributed by atoms with Gasteiger partial charge in [0.05, 0.1) is 10.6 Å². The van der Waals surface area contributed by atoms with Crippen molar-refractivity contribution in [3.05, 3.63) is 34.1 Å². The van der Waals surface area contributed by atoms with Crippen LogP contribution in [-0.2, 0) is 6.18 Å². The SMILES string of the molecule is CCC[C@@H](c1cc(C(F)(F)F)cc(Cl)c1F)N1CCNCC1.Cl. The molecule has 23 heavy (non-hydrogen) atoms. The lowest BCUT2D eigenvalue weighted by molar-refractivity contribution is -0.137. The zero-order valence-electron chi connectivity index (χ0n) is 12.7. The molecule has 132 valence electrons. The number of nitrogens with one attached hydrogen (secondary N) is 1. The fourth-order valence-electron chi connectivity index (χ4n) is 2.82. The lowest BCUT2D eigenvalue weighted by Gasteiger charge is -2.35. The number of alkyl halides is 3. The van der Waals surface area contributed by atoms with Crippen molar-refractivity contribution in [1.82, 2.24) is 10.2 Å². The fourth-order valence-corrected chi connectivity index (χ4v) is 3.05. The summed E-state index contributed by atoms with van der Waals surface area (Å²) in [6.45, 7) is 4.78. The summed E-state index contributed by atoms with van der Waals surface area (Å²) in [4.78, 5) is 2.02. The van der Waals surface area contributed by atoms with Crippen LogP contribution in [0.25, 0.3) is 0 Å². The van der Waals surface area contributed by atoms with Crippen molar-refractivity contribution in [2.24, 2.45) is 0 Å². The van der Waals surface area contributed by atoms with Gasteiger partial charge in [-0.05, 0) is 18.6 Å². The van der Waals surface area contributed by atoms with E-state index in [0.29, 0.717) is 25.6 Å². The minimum atomic E-state index is -4.54. The van der Waals surface area contributed by atoms with Crippen LogP contribution in [0.15, 0.2) is 12.1 Å². The third-order valence-electron chi connectivity index (χ3n) is 3.90. The molecule has 0 aromatic heterocycles. The average molecular weight is 375 g/mol. The highest BCUT2D eigenvalue weighted by Crippen LogP contribution is 2.37. The van der Waals surface area contributed by atoms with Gasteiger partial charge in [0.2, 0.25) is 0 Å². The molecule has 1 N–H and O–H groups in total. The molecule has 1 aliphatic heterocycles. The molecule has 1 fully saturated rings. The van der Waals surface area contributed by atoms with E-state index in [1.807, 2.05) is 11.8 Å². The molecule has 1 atom stereocenters. The monoisotopic (exact) mass is 374 g/mol. The minimum absolute atomic E-state index is 0. The van der Waals surface area contributed by atoms with Crippen LogP contribution >= 0.6 is 24.0 Å². The molecule has 0 bridgehead atoms. The van der Waals surface area contributed by atoms with Gasteiger partial charge < -0.3 is 5.32 Å². The van der Waals surface area contributed by atoms with E-state index >= 15 is 0 Å². The Morgan fingerprint density at radius 2 is 1.87 bits per heavy atom. The highest BCUT2D eigenvalue weighted by atomic mass is 35.5. The van der Waals surface area contributed by atoms with Crippen molar-refractivity contribution >= 4 is 24.0 Å². The van der Waals surface area contributed by atoms with Crippen molar-refractivity contribution in [1.29, 1.82) is 0 Å². The summed E-state index contributed by atoms with van der Waals surface area (Å²) >= 11 is 5.70. The Hall–Kier alpha value is -0.560. The predicted molar refractivity (Wildman–Crippen MR) is 85.8 cm³/mol. The van der Waals surface area contributed by atoms with Crippen LogP contribution < -0.4 is 5.32 Å². The molecular formula is C15H20Cl2F4N2. The quantitative estimate of drug-likeness (QED) is 0.770. The van der Waals surface area contributed by atoms with Gasteiger partial charge >= 0.3 is 6.18 Å². The Balaban J connectivity index is 0.00000264. The van der Waals surface area contributed by atoms with Gasteiger partial charge in [-0.1, -0.05) is 24.9 Å². The number of piperazine rings is 1. The van der Waals surface area contributed by atoms with E-state index < -0.39 is 22.6 Å². The van der Waals surface area contributed by atoms with Gasteiger partial charge in [0, 0.05) is 37.8 Å². The van der Waals surface area contributed by atoms with Gasteiger partial charge in [-0.15, -0.1) is 12.4 Å². The molecule has 0 amide bonds. The Bertz CT molecular complexity index is 517. The van der Waals surface area contributed by atoms with Gasteiger partial charge in [0.15, 0.2) is 0 Å². The zero-order valence-corrected chi connectivity index (χ0v) is 14.3. The summed E-state index contributed by atoms with van der Waals surface area (Å²) in [5.74, 6) is -0.744. The summed E-state index contributed by atoms with van der Waals surface area (Å²) in [5.41, 5.74) is -0.853. The third-order valence-corrected chi connectivity index (χ3v) is 4.17. The fraction of sp³-hybridized carbons (Fsp3) is 0.600. The molecule has 0 saturated carbocycles. The molecule has 0 spiro atoms. The third kappa shape index (κ3) is 4.95. The van der Waals surface area contributed by atoms with E-state index in [9.17, 15) is 17.6 Å². The standard InChI is InChI=1S/C15H19ClF4N2.ClH/c1-2-3-13(22-6-4-21-5-7-22)11-8-10(15(18,19)20)9-12(16)14(11)17;/h8-9,13,21H,2-7H2,1H3;1H/t13-;/m0./s1. The lowest BCUT2D eigenvalue weighted by atomic mass is 9.97. The summed E-state index contributed by atoms with van der Waals surface area (Å²) in [5, 5.41) is 2.71. The second kappa shape index (κ2) is 8.51. The van der Waals surface area contributed by atoms with Crippen molar-refractivity contribution in [3.63, 3.8) is 0 Å². The van der Waals surface area contributed by atoms with Crippen LogP contribution in [0.2, 0.25) is 5.02 Å². The highest BCUT2D eigenvalue weighted by Gasteiger charge is 2.34. The maximum Gasteiger partial charge on any atom is 0.416 e. The summed E-state index contributed by atoms with van der Waals surface area (Å²) in [6.07, 6.45) is -3.19. The van der Waals surface area contributed by atoms with E-state index in [1.54, 1.807) is 0 Å². The number of nitrogens with zero attached hydrogens (tertiary/aromatic N) is 1. The Labute approximate surface area is 144 Å². The number of hydrogen-bond donors (Lipinski definition) is 1. The molecule has 1 aromatic carbocycles. The van der Waals surface area contributed by atoms with Crippen molar-refractivity contribution in [2.45, 2.75) is 32.0 Å². The first-order chi connectivity index (χ1) is 10.3. The second-order valence-electron chi connectivity index (χ2n) is 5.45. The Kier molecular flexibility index (Phi) is 7.58. The van der Waals surface area contributed by atoms with Gasteiger partial charge in [0.25, 0.3) is 0 Å². The van der Waals surface area contributed by atoms with Crippen LogP contribution in [0.5, 0.6) is 0 Å². The topological polar surface area (TPSA) is 15.3 Å². The molecule has 8 heteroatoms. The molecule has 1 heterocycles. The van der Waals surface area contributed by atoms with Gasteiger partial charge in [-0.2, -0.15) is 13.2 Å².